The van der Waals surface area contributed by atoms with Crippen molar-refractivity contribution in [1.29, 1.82) is 0 Å². The van der Waals surface area contributed by atoms with Gasteiger partial charge in [0.25, 0.3) is 0 Å². The highest BCUT2D eigenvalue weighted by Crippen LogP contribution is 2.50. The number of rotatable bonds is 7. The lowest BCUT2D eigenvalue weighted by molar-refractivity contribution is 0.107. The van der Waals surface area contributed by atoms with Crippen LogP contribution in [0.3, 0.4) is 0 Å². The highest BCUT2D eigenvalue weighted by atomic mass is 15.2. The summed E-state index contributed by atoms with van der Waals surface area (Å²) in [5, 5.41) is 3.70. The van der Waals surface area contributed by atoms with Crippen LogP contribution in [0.15, 0.2) is 0 Å². The van der Waals surface area contributed by atoms with Crippen LogP contribution in [0.1, 0.15) is 65.7 Å². The predicted octanol–water partition coefficient (Wildman–Crippen LogP) is 3.42. The monoisotopic (exact) mass is 252 g/mol. The van der Waals surface area contributed by atoms with Crippen molar-refractivity contribution in [3.8, 4) is 0 Å². The minimum Gasteiger partial charge on any atom is -0.314 e. The standard InChI is InChI=1S/C16H32N2/c1-4-7-16(8-9-16)13-18-11-6-15(12-14(18)3)17-10-5-2/h14-15,17H,4-13H2,1-3H3. The van der Waals surface area contributed by atoms with Gasteiger partial charge in [-0.05, 0) is 64.0 Å². The molecule has 2 aliphatic rings. The highest BCUT2D eigenvalue weighted by Gasteiger charge is 2.43. The lowest BCUT2D eigenvalue weighted by Gasteiger charge is -2.40. The molecule has 2 heteroatoms. The van der Waals surface area contributed by atoms with Crippen LogP contribution in [0.2, 0.25) is 0 Å². The van der Waals surface area contributed by atoms with Gasteiger partial charge >= 0.3 is 0 Å². The Morgan fingerprint density at radius 2 is 2.00 bits per heavy atom. The van der Waals surface area contributed by atoms with Crippen molar-refractivity contribution in [3.05, 3.63) is 0 Å². The first-order valence-electron chi connectivity index (χ1n) is 8.16. The molecule has 106 valence electrons. The van der Waals surface area contributed by atoms with Crippen molar-refractivity contribution >= 4 is 0 Å². The van der Waals surface area contributed by atoms with Gasteiger partial charge in [-0.1, -0.05) is 20.3 Å². The van der Waals surface area contributed by atoms with E-state index in [0.717, 1.165) is 17.5 Å². The summed E-state index contributed by atoms with van der Waals surface area (Å²) in [5.41, 5.74) is 0.729. The maximum absolute atomic E-state index is 3.70. The van der Waals surface area contributed by atoms with Gasteiger partial charge in [-0.25, -0.2) is 0 Å². The maximum Gasteiger partial charge on any atom is 0.00940 e. The molecule has 0 spiro atoms. The third kappa shape index (κ3) is 3.71. The normalized spacial score (nSPS) is 31.5. The van der Waals surface area contributed by atoms with Gasteiger partial charge in [0.1, 0.15) is 0 Å². The van der Waals surface area contributed by atoms with Gasteiger partial charge in [0, 0.05) is 18.6 Å². The molecule has 18 heavy (non-hydrogen) atoms. The summed E-state index contributed by atoms with van der Waals surface area (Å²) in [5.74, 6) is 0. The average molecular weight is 252 g/mol. The van der Waals surface area contributed by atoms with Gasteiger partial charge in [-0.15, -0.1) is 0 Å². The van der Waals surface area contributed by atoms with E-state index in [1.807, 2.05) is 0 Å². The molecule has 2 fully saturated rings. The molecule has 0 amide bonds. The van der Waals surface area contributed by atoms with Crippen LogP contribution >= 0.6 is 0 Å². The molecule has 2 nitrogen and oxygen atoms in total. The quantitative estimate of drug-likeness (QED) is 0.747. The van der Waals surface area contributed by atoms with E-state index < -0.39 is 0 Å². The Kier molecular flexibility index (Phi) is 5.08. The van der Waals surface area contributed by atoms with Crippen molar-refractivity contribution < 1.29 is 0 Å². The minimum atomic E-state index is 0.729. The lowest BCUT2D eigenvalue weighted by atomic mass is 9.94. The third-order valence-electron chi connectivity index (χ3n) is 4.97. The number of nitrogens with one attached hydrogen (secondary N) is 1. The van der Waals surface area contributed by atoms with Gasteiger partial charge in [0.05, 0.1) is 0 Å². The van der Waals surface area contributed by atoms with Crippen molar-refractivity contribution in [2.75, 3.05) is 19.6 Å². The maximum atomic E-state index is 3.70. The molecule has 2 atom stereocenters. The second-order valence-electron chi connectivity index (χ2n) is 6.74. The van der Waals surface area contributed by atoms with Crippen LogP contribution in [0.4, 0.5) is 0 Å². The Morgan fingerprint density at radius 3 is 2.56 bits per heavy atom. The number of likely N-dealkylation sites (tertiary alicyclic amines) is 1. The second-order valence-corrected chi connectivity index (χ2v) is 6.74. The Labute approximate surface area is 114 Å². The first-order valence-corrected chi connectivity index (χ1v) is 8.16. The van der Waals surface area contributed by atoms with Crippen molar-refractivity contribution in [2.24, 2.45) is 5.41 Å². The lowest BCUT2D eigenvalue weighted by Crippen LogP contribution is -2.49. The van der Waals surface area contributed by atoms with E-state index in [1.54, 1.807) is 0 Å². The second kappa shape index (κ2) is 6.38. The summed E-state index contributed by atoms with van der Waals surface area (Å²) in [4.78, 5) is 2.77. The topological polar surface area (TPSA) is 15.3 Å². The van der Waals surface area contributed by atoms with Crippen molar-refractivity contribution in [1.82, 2.24) is 10.2 Å². The van der Waals surface area contributed by atoms with E-state index in [-0.39, 0.29) is 0 Å². The summed E-state index contributed by atoms with van der Waals surface area (Å²) in [7, 11) is 0. The highest BCUT2D eigenvalue weighted by molar-refractivity contribution is 4.97. The summed E-state index contributed by atoms with van der Waals surface area (Å²) in [6.07, 6.45) is 9.75. The molecular weight excluding hydrogens is 220 g/mol. The summed E-state index contributed by atoms with van der Waals surface area (Å²) in [6, 6.07) is 1.56. The van der Waals surface area contributed by atoms with Gasteiger partial charge in [-0.2, -0.15) is 0 Å². The molecule has 0 radical (unpaired) electrons. The fourth-order valence-electron chi connectivity index (χ4n) is 3.61. The molecule has 0 aromatic heterocycles. The van der Waals surface area contributed by atoms with E-state index >= 15 is 0 Å². The molecule has 0 bridgehead atoms. The average Bonchev–Trinajstić information content (AvgIpc) is 3.10. The first kappa shape index (κ1) is 14.3. The predicted molar refractivity (Wildman–Crippen MR) is 78.9 cm³/mol. The van der Waals surface area contributed by atoms with Crippen LogP contribution in [-0.2, 0) is 0 Å². The van der Waals surface area contributed by atoms with Gasteiger partial charge in [0.15, 0.2) is 0 Å². The SMILES string of the molecule is CCCNC1CCN(CC2(CCC)CC2)C(C)C1. The third-order valence-corrected chi connectivity index (χ3v) is 4.97. The van der Waals surface area contributed by atoms with E-state index in [9.17, 15) is 0 Å². The van der Waals surface area contributed by atoms with Crippen LogP contribution in [-0.4, -0.2) is 36.6 Å². The number of hydrogen-bond donors (Lipinski definition) is 1. The van der Waals surface area contributed by atoms with E-state index in [4.69, 9.17) is 0 Å². The first-order chi connectivity index (χ1) is 8.69. The van der Waals surface area contributed by atoms with E-state index in [0.29, 0.717) is 0 Å². The summed E-state index contributed by atoms with van der Waals surface area (Å²) < 4.78 is 0. The molecule has 1 heterocycles. The molecule has 0 aromatic rings. The van der Waals surface area contributed by atoms with Gasteiger partial charge in [0.2, 0.25) is 0 Å². The molecule has 1 N–H and O–H groups in total. The Balaban J connectivity index is 1.75. The van der Waals surface area contributed by atoms with E-state index in [1.165, 1.54) is 64.6 Å². The zero-order chi connectivity index (χ0) is 13.0. The molecule has 0 aromatic carbocycles. The molecule has 2 unspecified atom stereocenters. The molecule has 1 aliphatic carbocycles. The zero-order valence-electron chi connectivity index (χ0n) is 12.7. The number of nitrogens with zero attached hydrogens (tertiary/aromatic N) is 1. The Morgan fingerprint density at radius 1 is 1.22 bits per heavy atom. The molecular formula is C16H32N2. The fraction of sp³-hybridized carbons (Fsp3) is 1.00. The summed E-state index contributed by atoms with van der Waals surface area (Å²) in [6.45, 7) is 10.9. The number of hydrogen-bond acceptors (Lipinski definition) is 2. The van der Waals surface area contributed by atoms with Crippen LogP contribution in [0.25, 0.3) is 0 Å². The zero-order valence-corrected chi connectivity index (χ0v) is 12.7. The van der Waals surface area contributed by atoms with Crippen LogP contribution in [0.5, 0.6) is 0 Å². The van der Waals surface area contributed by atoms with Crippen LogP contribution < -0.4 is 5.32 Å². The van der Waals surface area contributed by atoms with Crippen LogP contribution in [0, 0.1) is 5.41 Å². The van der Waals surface area contributed by atoms with Crippen molar-refractivity contribution in [3.63, 3.8) is 0 Å². The smallest absolute Gasteiger partial charge is 0.00940 e. The molecule has 1 aliphatic heterocycles. The number of piperidine rings is 1. The van der Waals surface area contributed by atoms with Gasteiger partial charge in [-0.3, -0.25) is 4.90 Å². The van der Waals surface area contributed by atoms with Gasteiger partial charge < -0.3 is 5.32 Å². The molecule has 1 saturated carbocycles. The van der Waals surface area contributed by atoms with E-state index in [2.05, 4.69) is 31.0 Å². The summed E-state index contributed by atoms with van der Waals surface area (Å²) >= 11 is 0. The molecule has 1 saturated heterocycles. The molecule has 2 rings (SSSR count). The minimum absolute atomic E-state index is 0.729. The Hall–Kier alpha value is -0.0800. The fourth-order valence-corrected chi connectivity index (χ4v) is 3.61. The Bertz CT molecular complexity index is 247. The largest absolute Gasteiger partial charge is 0.314 e. The van der Waals surface area contributed by atoms with Crippen molar-refractivity contribution in [2.45, 2.75) is 77.8 Å².